The van der Waals surface area contributed by atoms with Gasteiger partial charge in [0.1, 0.15) is 19.8 Å². The molecule has 0 aromatic rings. The molecule has 0 rings (SSSR count). The highest BCUT2D eigenvalue weighted by atomic mass is 31.2. The summed E-state index contributed by atoms with van der Waals surface area (Å²) in [4.78, 5) is 35.3. The van der Waals surface area contributed by atoms with E-state index in [4.69, 9.17) is 18.5 Å². The second kappa shape index (κ2) is 38.5. The Morgan fingerprint density at radius 1 is 0.571 bits per heavy atom. The van der Waals surface area contributed by atoms with Gasteiger partial charge in [-0.15, -0.1) is 0 Å². The van der Waals surface area contributed by atoms with Crippen LogP contribution in [0.3, 0.4) is 0 Å². The van der Waals surface area contributed by atoms with Crippen LogP contribution >= 0.6 is 7.82 Å². The molecule has 56 heavy (non-hydrogen) atoms. The van der Waals surface area contributed by atoms with E-state index < -0.39 is 26.5 Å². The molecule has 0 bridgehead atoms. The molecule has 0 aliphatic heterocycles. The highest BCUT2D eigenvalue weighted by molar-refractivity contribution is 7.47. The molecule has 9 nitrogen and oxygen atoms in total. The molecule has 2 unspecified atom stereocenters. The first kappa shape index (κ1) is 54.0. The number of esters is 2. The van der Waals surface area contributed by atoms with Gasteiger partial charge < -0.3 is 18.9 Å². The summed E-state index contributed by atoms with van der Waals surface area (Å²) in [5.74, 6) is -0.836. The van der Waals surface area contributed by atoms with E-state index in [0.29, 0.717) is 17.4 Å². The smallest absolute Gasteiger partial charge is 0.462 e. The zero-order valence-corrected chi connectivity index (χ0v) is 37.5. The first-order valence-corrected chi connectivity index (χ1v) is 23.9. The van der Waals surface area contributed by atoms with Crippen molar-refractivity contribution in [3.8, 4) is 0 Å². The van der Waals surface area contributed by atoms with E-state index in [9.17, 15) is 19.0 Å². The number of carbonyl (C=O) groups is 2. The SMILES string of the molecule is CC/C=C\C/C=C\C/C=C\CCCCCC(=O)OC(COC(=O)CCCCCCCCCCC/C=C\CCCCCCCC)COP(=O)(O)OCC[N+](C)(C)C. The van der Waals surface area contributed by atoms with Crippen molar-refractivity contribution in [1.82, 2.24) is 0 Å². The standard InChI is InChI=1S/C46H84NO8P/c1-6-8-10-12-14-16-18-20-21-22-23-24-25-27-28-30-32-34-36-38-45(48)52-42-44(43-54-56(50,51)53-41-40-47(3,4)5)55-46(49)39-37-35-33-31-29-26-19-17-15-13-11-9-7-2/h9,11,15,17,20-21,26,29,44H,6-8,10,12-14,16,18-19,22-25,27-28,30-43H2,1-5H3/p+1/b11-9-,17-15-,21-20-,29-26-. The number of phosphoric acid groups is 1. The lowest BCUT2D eigenvalue weighted by atomic mass is 10.1. The fourth-order valence-corrected chi connectivity index (χ4v) is 6.59. The zero-order valence-electron chi connectivity index (χ0n) is 36.6. The highest BCUT2D eigenvalue weighted by Crippen LogP contribution is 2.43. The van der Waals surface area contributed by atoms with Gasteiger partial charge >= 0.3 is 19.8 Å². The lowest BCUT2D eigenvalue weighted by Crippen LogP contribution is -2.37. The van der Waals surface area contributed by atoms with Crippen LogP contribution in [-0.4, -0.2) is 74.9 Å². The van der Waals surface area contributed by atoms with Crippen molar-refractivity contribution >= 4 is 19.8 Å². The summed E-state index contributed by atoms with van der Waals surface area (Å²) in [7, 11) is 1.45. The predicted molar refractivity (Wildman–Crippen MR) is 233 cm³/mol. The molecule has 0 saturated carbocycles. The van der Waals surface area contributed by atoms with Crippen LogP contribution in [0.2, 0.25) is 0 Å². The van der Waals surface area contributed by atoms with Gasteiger partial charge in [0.2, 0.25) is 0 Å². The average Bonchev–Trinajstić information content (AvgIpc) is 3.15. The average molecular weight is 811 g/mol. The first-order valence-electron chi connectivity index (χ1n) is 22.4. The van der Waals surface area contributed by atoms with Gasteiger partial charge in [0, 0.05) is 12.8 Å². The third-order valence-corrected chi connectivity index (χ3v) is 10.3. The summed E-state index contributed by atoms with van der Waals surface area (Å²) >= 11 is 0. The van der Waals surface area contributed by atoms with Crippen LogP contribution in [0.1, 0.15) is 181 Å². The minimum atomic E-state index is -4.38. The normalized spacial score (nSPS) is 14.0. The Bertz CT molecular complexity index is 1100. The molecule has 0 radical (unpaired) electrons. The molecule has 1 N–H and O–H groups in total. The third-order valence-electron chi connectivity index (χ3n) is 9.34. The molecule has 0 aliphatic carbocycles. The van der Waals surface area contributed by atoms with Crippen LogP contribution in [0.4, 0.5) is 0 Å². The molecule has 326 valence electrons. The topological polar surface area (TPSA) is 108 Å². The Balaban J connectivity index is 4.34. The summed E-state index contributed by atoms with van der Waals surface area (Å²) in [6.45, 7) is 4.26. The lowest BCUT2D eigenvalue weighted by Gasteiger charge is -2.24. The van der Waals surface area contributed by atoms with Crippen molar-refractivity contribution in [2.24, 2.45) is 0 Å². The number of ether oxygens (including phenoxy) is 2. The van der Waals surface area contributed by atoms with Crippen molar-refractivity contribution in [3.05, 3.63) is 48.6 Å². The maximum Gasteiger partial charge on any atom is 0.472 e. The van der Waals surface area contributed by atoms with Crippen LogP contribution < -0.4 is 0 Å². The number of carbonyl (C=O) groups excluding carboxylic acids is 2. The van der Waals surface area contributed by atoms with E-state index in [1.54, 1.807) is 0 Å². The van der Waals surface area contributed by atoms with Crippen molar-refractivity contribution in [1.29, 1.82) is 0 Å². The van der Waals surface area contributed by atoms with E-state index >= 15 is 0 Å². The van der Waals surface area contributed by atoms with Crippen LogP contribution in [0.15, 0.2) is 48.6 Å². The monoisotopic (exact) mass is 811 g/mol. The summed E-state index contributed by atoms with van der Waals surface area (Å²) in [5.41, 5.74) is 0. The van der Waals surface area contributed by atoms with Gasteiger partial charge in [-0.05, 0) is 70.6 Å². The van der Waals surface area contributed by atoms with E-state index in [2.05, 4.69) is 62.5 Å². The molecule has 0 fully saturated rings. The minimum Gasteiger partial charge on any atom is -0.462 e. The fourth-order valence-electron chi connectivity index (χ4n) is 5.85. The van der Waals surface area contributed by atoms with Crippen LogP contribution in [0.25, 0.3) is 0 Å². The molecule has 0 aliphatic rings. The molecule has 0 saturated heterocycles. The number of unbranched alkanes of at least 4 members (excludes halogenated alkanes) is 18. The van der Waals surface area contributed by atoms with Crippen molar-refractivity contribution in [2.75, 3.05) is 47.5 Å². The summed E-state index contributed by atoms with van der Waals surface area (Å²) in [6, 6.07) is 0. The molecular weight excluding hydrogens is 725 g/mol. The van der Waals surface area contributed by atoms with Gasteiger partial charge in [-0.1, -0.05) is 146 Å². The molecule has 2 atom stereocenters. The van der Waals surface area contributed by atoms with Crippen LogP contribution in [0.5, 0.6) is 0 Å². The quantitative estimate of drug-likeness (QED) is 0.0214. The first-order chi connectivity index (χ1) is 27.0. The Kier molecular flexibility index (Phi) is 37.1. The highest BCUT2D eigenvalue weighted by Gasteiger charge is 2.27. The van der Waals surface area contributed by atoms with Gasteiger partial charge in [0.25, 0.3) is 0 Å². The number of nitrogens with zero attached hydrogens (tertiary/aromatic N) is 1. The number of likely N-dealkylation sites (N-methyl/N-ethyl adjacent to an activating group) is 1. The third kappa shape index (κ3) is 41.6. The van der Waals surface area contributed by atoms with Crippen molar-refractivity contribution in [3.63, 3.8) is 0 Å². The van der Waals surface area contributed by atoms with E-state index in [1.165, 1.54) is 89.9 Å². The maximum atomic E-state index is 12.7. The predicted octanol–water partition coefficient (Wildman–Crippen LogP) is 12.7. The number of rotatable bonds is 40. The van der Waals surface area contributed by atoms with Gasteiger partial charge in [-0.3, -0.25) is 18.6 Å². The van der Waals surface area contributed by atoms with E-state index in [0.717, 1.165) is 57.8 Å². The molecule has 10 heteroatoms. The minimum absolute atomic E-state index is 0.0243. The largest absolute Gasteiger partial charge is 0.472 e. The van der Waals surface area contributed by atoms with E-state index in [-0.39, 0.29) is 32.0 Å². The number of quaternary nitrogens is 1. The summed E-state index contributed by atoms with van der Waals surface area (Å²) in [6.07, 6.45) is 44.5. The second-order valence-electron chi connectivity index (χ2n) is 16.0. The Hall–Kier alpha value is -2.03. The Morgan fingerprint density at radius 3 is 1.55 bits per heavy atom. The number of hydrogen-bond donors (Lipinski definition) is 1. The zero-order chi connectivity index (χ0) is 41.4. The molecule has 0 aromatic heterocycles. The molecule has 0 aromatic carbocycles. The van der Waals surface area contributed by atoms with Gasteiger partial charge in [0.05, 0.1) is 27.7 Å². The molecular formula is C46H85NO8P+. The number of phosphoric ester groups is 1. The van der Waals surface area contributed by atoms with Gasteiger partial charge in [0.15, 0.2) is 6.10 Å². The number of hydrogen-bond acceptors (Lipinski definition) is 7. The molecule has 0 amide bonds. The van der Waals surface area contributed by atoms with Gasteiger partial charge in [-0.2, -0.15) is 0 Å². The van der Waals surface area contributed by atoms with Gasteiger partial charge in [-0.25, -0.2) is 4.57 Å². The lowest BCUT2D eigenvalue weighted by molar-refractivity contribution is -0.870. The Labute approximate surface area is 343 Å². The summed E-state index contributed by atoms with van der Waals surface area (Å²) in [5, 5.41) is 0. The van der Waals surface area contributed by atoms with Crippen molar-refractivity contribution in [2.45, 2.75) is 187 Å². The fraction of sp³-hybridized carbons (Fsp3) is 0.783. The van der Waals surface area contributed by atoms with Crippen LogP contribution in [0, 0.1) is 0 Å². The molecule has 0 spiro atoms. The van der Waals surface area contributed by atoms with E-state index in [1.807, 2.05) is 21.1 Å². The summed E-state index contributed by atoms with van der Waals surface area (Å²) < 4.78 is 34.3. The Morgan fingerprint density at radius 2 is 1.02 bits per heavy atom. The number of allylic oxidation sites excluding steroid dienone is 8. The maximum absolute atomic E-state index is 12.7. The van der Waals surface area contributed by atoms with Crippen LogP contribution in [-0.2, 0) is 32.7 Å². The molecule has 0 heterocycles. The second-order valence-corrected chi connectivity index (χ2v) is 17.5. The van der Waals surface area contributed by atoms with Crippen molar-refractivity contribution < 1.29 is 42.1 Å².